The first-order valence-corrected chi connectivity index (χ1v) is 6.10. The Bertz CT molecular complexity index is 149. The van der Waals surface area contributed by atoms with E-state index < -0.39 is 0 Å². The van der Waals surface area contributed by atoms with E-state index >= 15 is 0 Å². The van der Waals surface area contributed by atoms with E-state index in [4.69, 9.17) is 5.11 Å². The lowest BCUT2D eigenvalue weighted by atomic mass is 9.86. The van der Waals surface area contributed by atoms with Gasteiger partial charge in [0, 0.05) is 12.6 Å². The molecule has 0 saturated carbocycles. The maximum Gasteiger partial charge on any atom is 0.0431 e. The minimum Gasteiger partial charge on any atom is -0.396 e. The normalized spacial score (nSPS) is 26.4. The van der Waals surface area contributed by atoms with Crippen molar-refractivity contribution < 1.29 is 5.11 Å². The summed E-state index contributed by atoms with van der Waals surface area (Å²) in [6, 6.07) is 0.778. The molecule has 0 amide bonds. The van der Waals surface area contributed by atoms with Crippen LogP contribution in [-0.4, -0.2) is 36.2 Å². The minimum absolute atomic E-state index is 0.354. The molecule has 0 aliphatic carbocycles. The molecule has 0 aromatic heterocycles. The van der Waals surface area contributed by atoms with Crippen molar-refractivity contribution in [1.82, 2.24) is 4.90 Å². The van der Waals surface area contributed by atoms with Crippen LogP contribution in [0.5, 0.6) is 0 Å². The number of aliphatic hydroxyl groups excluding tert-OH is 1. The molecule has 2 nitrogen and oxygen atoms in total. The van der Waals surface area contributed by atoms with E-state index in [9.17, 15) is 0 Å². The van der Waals surface area contributed by atoms with Gasteiger partial charge < -0.3 is 10.0 Å². The van der Waals surface area contributed by atoms with Crippen LogP contribution in [-0.2, 0) is 0 Å². The molecule has 1 rings (SSSR count). The van der Waals surface area contributed by atoms with Crippen LogP contribution in [0.4, 0.5) is 0 Å². The van der Waals surface area contributed by atoms with Crippen LogP contribution in [0, 0.1) is 5.92 Å². The molecular weight excluding hydrogens is 174 g/mol. The highest BCUT2D eigenvalue weighted by Gasteiger charge is 2.25. The molecule has 0 spiro atoms. The lowest BCUT2D eigenvalue weighted by Gasteiger charge is -2.38. The van der Waals surface area contributed by atoms with Gasteiger partial charge in [-0.15, -0.1) is 0 Å². The predicted molar refractivity (Wildman–Crippen MR) is 60.4 cm³/mol. The van der Waals surface area contributed by atoms with Crippen molar-refractivity contribution in [1.29, 1.82) is 0 Å². The first-order chi connectivity index (χ1) is 6.79. The van der Waals surface area contributed by atoms with Crippen molar-refractivity contribution >= 4 is 0 Å². The number of hydrogen-bond donors (Lipinski definition) is 1. The molecule has 0 aromatic carbocycles. The molecule has 1 N–H and O–H groups in total. The van der Waals surface area contributed by atoms with Crippen LogP contribution >= 0.6 is 0 Å². The minimum atomic E-state index is 0.354. The second-order valence-corrected chi connectivity index (χ2v) is 4.58. The summed E-state index contributed by atoms with van der Waals surface area (Å²) in [5, 5.41) is 8.86. The molecule has 2 atom stereocenters. The van der Waals surface area contributed by atoms with Crippen LogP contribution in [0.3, 0.4) is 0 Å². The average molecular weight is 199 g/mol. The fraction of sp³-hybridized carbons (Fsp3) is 1.00. The van der Waals surface area contributed by atoms with Gasteiger partial charge in [0.2, 0.25) is 0 Å². The van der Waals surface area contributed by atoms with Crippen LogP contribution in [0.1, 0.15) is 45.4 Å². The quantitative estimate of drug-likeness (QED) is 0.734. The third-order valence-electron chi connectivity index (χ3n) is 3.63. The molecule has 1 saturated heterocycles. The molecule has 0 aromatic rings. The van der Waals surface area contributed by atoms with Gasteiger partial charge in [0.15, 0.2) is 0 Å². The second kappa shape index (κ2) is 6.41. The molecule has 1 aliphatic heterocycles. The molecule has 1 aliphatic rings. The first kappa shape index (κ1) is 12.0. The summed E-state index contributed by atoms with van der Waals surface area (Å²) in [4.78, 5) is 2.52. The summed E-state index contributed by atoms with van der Waals surface area (Å²) in [6.45, 7) is 3.90. The van der Waals surface area contributed by atoms with Gasteiger partial charge >= 0.3 is 0 Å². The van der Waals surface area contributed by atoms with Gasteiger partial charge in [-0.05, 0) is 45.2 Å². The molecule has 14 heavy (non-hydrogen) atoms. The van der Waals surface area contributed by atoms with E-state index in [1.54, 1.807) is 0 Å². The van der Waals surface area contributed by atoms with Crippen molar-refractivity contribution in [3.63, 3.8) is 0 Å². The summed E-state index contributed by atoms with van der Waals surface area (Å²) in [5.41, 5.74) is 0. The maximum atomic E-state index is 8.86. The van der Waals surface area contributed by atoms with Gasteiger partial charge in [-0.3, -0.25) is 0 Å². The van der Waals surface area contributed by atoms with Gasteiger partial charge in [-0.2, -0.15) is 0 Å². The monoisotopic (exact) mass is 199 g/mol. The van der Waals surface area contributed by atoms with Crippen molar-refractivity contribution in [3.8, 4) is 0 Å². The van der Waals surface area contributed by atoms with Crippen molar-refractivity contribution in [3.05, 3.63) is 0 Å². The number of aliphatic hydroxyl groups is 1. The van der Waals surface area contributed by atoms with E-state index in [1.807, 2.05) is 0 Å². The average Bonchev–Trinajstić information content (AvgIpc) is 2.21. The molecule has 84 valence electrons. The van der Waals surface area contributed by atoms with Gasteiger partial charge in [0.25, 0.3) is 0 Å². The largest absolute Gasteiger partial charge is 0.396 e. The Labute approximate surface area is 88.3 Å². The molecule has 1 fully saturated rings. The van der Waals surface area contributed by atoms with Gasteiger partial charge in [-0.1, -0.05) is 19.8 Å². The number of nitrogens with zero attached hydrogens (tertiary/aromatic N) is 1. The Hall–Kier alpha value is -0.0800. The van der Waals surface area contributed by atoms with E-state index in [1.165, 1.54) is 38.6 Å². The summed E-state index contributed by atoms with van der Waals surface area (Å²) >= 11 is 0. The fourth-order valence-electron chi connectivity index (χ4n) is 2.72. The second-order valence-electron chi connectivity index (χ2n) is 4.58. The van der Waals surface area contributed by atoms with Gasteiger partial charge in [0.1, 0.15) is 0 Å². The highest BCUT2D eigenvalue weighted by molar-refractivity contribution is 4.80. The molecule has 1 heterocycles. The Balaban J connectivity index is 2.40. The van der Waals surface area contributed by atoms with Crippen molar-refractivity contribution in [2.75, 3.05) is 20.2 Å². The summed E-state index contributed by atoms with van der Waals surface area (Å²) < 4.78 is 0. The Morgan fingerprint density at radius 2 is 2.21 bits per heavy atom. The highest BCUT2D eigenvalue weighted by atomic mass is 16.2. The lowest BCUT2D eigenvalue weighted by Crippen LogP contribution is -2.41. The summed E-state index contributed by atoms with van der Waals surface area (Å²) in [6.07, 6.45) is 7.55. The third-order valence-corrected chi connectivity index (χ3v) is 3.63. The summed E-state index contributed by atoms with van der Waals surface area (Å²) in [7, 11) is 2.26. The zero-order valence-corrected chi connectivity index (χ0v) is 9.71. The van der Waals surface area contributed by atoms with E-state index in [0.29, 0.717) is 6.61 Å². The third kappa shape index (κ3) is 3.25. The lowest BCUT2D eigenvalue weighted by molar-refractivity contribution is 0.115. The molecule has 0 radical (unpaired) electrons. The standard InChI is InChI=1S/C12H25NO/c1-3-11(7-6-10-14)12-8-4-5-9-13(12)2/h11-12,14H,3-10H2,1-2H3. The SMILES string of the molecule is CCC(CCCO)C1CCCCN1C. The smallest absolute Gasteiger partial charge is 0.0431 e. The van der Waals surface area contributed by atoms with E-state index in [-0.39, 0.29) is 0 Å². The zero-order valence-electron chi connectivity index (χ0n) is 9.71. The maximum absolute atomic E-state index is 8.86. The van der Waals surface area contributed by atoms with Crippen molar-refractivity contribution in [2.24, 2.45) is 5.92 Å². The van der Waals surface area contributed by atoms with Crippen LogP contribution < -0.4 is 0 Å². The topological polar surface area (TPSA) is 23.5 Å². The molecule has 0 bridgehead atoms. The highest BCUT2D eigenvalue weighted by Crippen LogP contribution is 2.27. The van der Waals surface area contributed by atoms with E-state index in [2.05, 4.69) is 18.9 Å². The molecule has 2 unspecified atom stereocenters. The van der Waals surface area contributed by atoms with Crippen LogP contribution in [0.2, 0.25) is 0 Å². The Morgan fingerprint density at radius 1 is 1.43 bits per heavy atom. The number of hydrogen-bond acceptors (Lipinski definition) is 2. The van der Waals surface area contributed by atoms with Crippen LogP contribution in [0.15, 0.2) is 0 Å². The van der Waals surface area contributed by atoms with E-state index in [0.717, 1.165) is 18.4 Å². The number of likely N-dealkylation sites (tertiary alicyclic amines) is 1. The molecule has 2 heteroatoms. The van der Waals surface area contributed by atoms with Crippen molar-refractivity contribution in [2.45, 2.75) is 51.5 Å². The predicted octanol–water partition coefficient (Wildman–Crippen LogP) is 2.27. The molecular formula is C12H25NO. The fourth-order valence-corrected chi connectivity index (χ4v) is 2.72. The Kier molecular flexibility index (Phi) is 5.49. The van der Waals surface area contributed by atoms with Gasteiger partial charge in [-0.25, -0.2) is 0 Å². The number of rotatable bonds is 5. The van der Waals surface area contributed by atoms with Crippen LogP contribution in [0.25, 0.3) is 0 Å². The zero-order chi connectivity index (χ0) is 10.4. The number of piperidine rings is 1. The Morgan fingerprint density at radius 3 is 2.79 bits per heavy atom. The van der Waals surface area contributed by atoms with Gasteiger partial charge in [0.05, 0.1) is 0 Å². The first-order valence-electron chi connectivity index (χ1n) is 6.10. The summed E-state index contributed by atoms with van der Waals surface area (Å²) in [5.74, 6) is 0.799.